The highest BCUT2D eigenvalue weighted by molar-refractivity contribution is 7.92. The standard InChI is InChI=1S/C24H32ClN3O4S/c1-5-6-14-26-24(30)19(3)27(16-20-11-7-8-13-22(20)25)23(29)17-28(33(4,31)32)21-12-9-10-18(2)15-21/h7-13,15,19H,5-6,14,16-17H2,1-4H3,(H,26,30)/t19-/m1/s1. The maximum atomic E-state index is 13.4. The first-order valence-corrected chi connectivity index (χ1v) is 13.1. The van der Waals surface area contributed by atoms with E-state index in [1.807, 2.05) is 19.9 Å². The summed E-state index contributed by atoms with van der Waals surface area (Å²) in [5, 5.41) is 3.31. The summed E-state index contributed by atoms with van der Waals surface area (Å²) in [5.74, 6) is -0.801. The number of halogens is 1. The molecule has 2 aromatic carbocycles. The van der Waals surface area contributed by atoms with Crippen molar-refractivity contribution in [2.24, 2.45) is 0 Å². The van der Waals surface area contributed by atoms with Crippen LogP contribution in [-0.4, -0.2) is 50.5 Å². The lowest BCUT2D eigenvalue weighted by atomic mass is 10.1. The Hall–Kier alpha value is -2.58. The van der Waals surface area contributed by atoms with Gasteiger partial charge in [0.05, 0.1) is 11.9 Å². The zero-order valence-electron chi connectivity index (χ0n) is 19.5. The van der Waals surface area contributed by atoms with Crippen molar-refractivity contribution in [3.8, 4) is 0 Å². The molecule has 0 heterocycles. The van der Waals surface area contributed by atoms with Gasteiger partial charge in [-0.1, -0.05) is 55.3 Å². The van der Waals surface area contributed by atoms with Crippen molar-refractivity contribution in [2.45, 2.75) is 46.2 Å². The maximum Gasteiger partial charge on any atom is 0.244 e. The van der Waals surface area contributed by atoms with Gasteiger partial charge in [0.15, 0.2) is 0 Å². The molecular formula is C24H32ClN3O4S. The van der Waals surface area contributed by atoms with Crippen molar-refractivity contribution in [1.82, 2.24) is 10.2 Å². The summed E-state index contributed by atoms with van der Waals surface area (Å²) in [6, 6.07) is 13.2. The molecule has 2 aromatic rings. The number of hydrogen-bond acceptors (Lipinski definition) is 4. The lowest BCUT2D eigenvalue weighted by Crippen LogP contribution is -2.51. The molecule has 7 nitrogen and oxygen atoms in total. The van der Waals surface area contributed by atoms with Gasteiger partial charge in [0.25, 0.3) is 0 Å². The second-order valence-corrected chi connectivity index (χ2v) is 10.4. The van der Waals surface area contributed by atoms with E-state index in [9.17, 15) is 18.0 Å². The number of anilines is 1. The van der Waals surface area contributed by atoms with Gasteiger partial charge in [-0.2, -0.15) is 0 Å². The summed E-state index contributed by atoms with van der Waals surface area (Å²) in [6.07, 6.45) is 2.81. The number of aryl methyl sites for hydroxylation is 1. The Morgan fingerprint density at radius 3 is 2.42 bits per heavy atom. The monoisotopic (exact) mass is 493 g/mol. The minimum Gasteiger partial charge on any atom is -0.354 e. The summed E-state index contributed by atoms with van der Waals surface area (Å²) in [6.45, 7) is 5.65. The number of rotatable bonds is 11. The van der Waals surface area contributed by atoms with E-state index in [2.05, 4.69) is 5.32 Å². The highest BCUT2D eigenvalue weighted by Crippen LogP contribution is 2.22. The van der Waals surface area contributed by atoms with Gasteiger partial charge < -0.3 is 10.2 Å². The van der Waals surface area contributed by atoms with Crippen LogP contribution in [0.5, 0.6) is 0 Å². The average Bonchev–Trinajstić information content (AvgIpc) is 2.75. The zero-order chi connectivity index (χ0) is 24.6. The van der Waals surface area contributed by atoms with Gasteiger partial charge in [0.2, 0.25) is 21.8 Å². The highest BCUT2D eigenvalue weighted by Gasteiger charge is 2.30. The maximum absolute atomic E-state index is 13.4. The minimum absolute atomic E-state index is 0.0757. The molecule has 0 unspecified atom stereocenters. The van der Waals surface area contributed by atoms with Crippen molar-refractivity contribution in [1.29, 1.82) is 0 Å². The van der Waals surface area contributed by atoms with Gasteiger partial charge >= 0.3 is 0 Å². The van der Waals surface area contributed by atoms with E-state index in [4.69, 9.17) is 11.6 Å². The Balaban J connectivity index is 2.36. The van der Waals surface area contributed by atoms with Gasteiger partial charge in [0.1, 0.15) is 12.6 Å². The first-order chi connectivity index (χ1) is 15.5. The number of sulfonamides is 1. The van der Waals surface area contributed by atoms with Gasteiger partial charge in [-0.25, -0.2) is 8.42 Å². The topological polar surface area (TPSA) is 86.8 Å². The predicted octanol–water partition coefficient (Wildman–Crippen LogP) is 3.75. The first-order valence-electron chi connectivity index (χ1n) is 10.9. The third-order valence-electron chi connectivity index (χ3n) is 5.26. The molecule has 0 fully saturated rings. The molecule has 0 aliphatic carbocycles. The number of nitrogens with zero attached hydrogens (tertiary/aromatic N) is 2. The first kappa shape index (κ1) is 26.7. The molecule has 0 bridgehead atoms. The van der Waals surface area contributed by atoms with Crippen LogP contribution in [0.15, 0.2) is 48.5 Å². The molecule has 9 heteroatoms. The Morgan fingerprint density at radius 2 is 1.82 bits per heavy atom. The Morgan fingerprint density at radius 1 is 1.12 bits per heavy atom. The van der Waals surface area contributed by atoms with E-state index in [-0.39, 0.29) is 12.5 Å². The summed E-state index contributed by atoms with van der Waals surface area (Å²) in [7, 11) is -3.75. The Kier molecular flexibility index (Phi) is 9.73. The van der Waals surface area contributed by atoms with Crippen molar-refractivity contribution in [2.75, 3.05) is 23.7 Å². The van der Waals surface area contributed by atoms with Crippen LogP contribution >= 0.6 is 11.6 Å². The fourth-order valence-corrected chi connectivity index (χ4v) is 4.36. The molecule has 0 saturated carbocycles. The minimum atomic E-state index is -3.75. The lowest BCUT2D eigenvalue weighted by Gasteiger charge is -2.31. The van der Waals surface area contributed by atoms with Crippen LogP contribution in [0.3, 0.4) is 0 Å². The van der Waals surface area contributed by atoms with Crippen LogP contribution in [0, 0.1) is 6.92 Å². The normalized spacial score (nSPS) is 12.2. The number of nitrogens with one attached hydrogen (secondary N) is 1. The van der Waals surface area contributed by atoms with Crippen LogP contribution < -0.4 is 9.62 Å². The summed E-state index contributed by atoms with van der Waals surface area (Å²) in [5.41, 5.74) is 1.93. The third kappa shape index (κ3) is 7.75. The van der Waals surface area contributed by atoms with Gasteiger partial charge in [0, 0.05) is 18.1 Å². The summed E-state index contributed by atoms with van der Waals surface area (Å²) >= 11 is 6.31. The quantitative estimate of drug-likeness (QED) is 0.483. The van der Waals surface area contributed by atoms with Gasteiger partial charge in [-0.3, -0.25) is 13.9 Å². The molecule has 0 aliphatic heterocycles. The third-order valence-corrected chi connectivity index (χ3v) is 6.77. The number of amides is 2. The number of carbonyl (C=O) groups excluding carboxylic acids is 2. The largest absolute Gasteiger partial charge is 0.354 e. The summed E-state index contributed by atoms with van der Waals surface area (Å²) < 4.78 is 26.2. The van der Waals surface area contributed by atoms with Crippen molar-refractivity contribution in [3.63, 3.8) is 0 Å². The molecule has 180 valence electrons. The van der Waals surface area contributed by atoms with E-state index in [0.29, 0.717) is 22.8 Å². The molecule has 33 heavy (non-hydrogen) atoms. The Labute approximate surface area is 201 Å². The van der Waals surface area contributed by atoms with Crippen LogP contribution in [-0.2, 0) is 26.2 Å². The van der Waals surface area contributed by atoms with Crippen LogP contribution in [0.2, 0.25) is 5.02 Å². The van der Waals surface area contributed by atoms with E-state index in [1.54, 1.807) is 49.4 Å². The molecule has 1 N–H and O–H groups in total. The van der Waals surface area contributed by atoms with Crippen LogP contribution in [0.4, 0.5) is 5.69 Å². The van der Waals surface area contributed by atoms with Crippen molar-refractivity contribution in [3.05, 3.63) is 64.7 Å². The van der Waals surface area contributed by atoms with Gasteiger partial charge in [-0.15, -0.1) is 0 Å². The predicted molar refractivity (Wildman–Crippen MR) is 133 cm³/mol. The molecule has 0 saturated heterocycles. The molecule has 1 atom stereocenters. The lowest BCUT2D eigenvalue weighted by molar-refractivity contribution is -0.139. The number of unbranched alkanes of at least 4 members (excludes halogenated alkanes) is 1. The smallest absolute Gasteiger partial charge is 0.244 e. The van der Waals surface area contributed by atoms with E-state index in [1.165, 1.54) is 4.90 Å². The van der Waals surface area contributed by atoms with Gasteiger partial charge in [-0.05, 0) is 49.6 Å². The highest BCUT2D eigenvalue weighted by atomic mass is 35.5. The van der Waals surface area contributed by atoms with E-state index < -0.39 is 28.5 Å². The SMILES string of the molecule is CCCCNC(=O)[C@@H](C)N(Cc1ccccc1Cl)C(=O)CN(c1cccc(C)c1)S(C)(=O)=O. The molecule has 0 radical (unpaired) electrons. The van der Waals surface area contributed by atoms with Crippen LogP contribution in [0.25, 0.3) is 0 Å². The van der Waals surface area contributed by atoms with E-state index >= 15 is 0 Å². The second kappa shape index (κ2) is 12.0. The molecule has 0 spiro atoms. The van der Waals surface area contributed by atoms with E-state index in [0.717, 1.165) is 29.0 Å². The fraction of sp³-hybridized carbons (Fsp3) is 0.417. The molecule has 2 amide bonds. The molecule has 0 aromatic heterocycles. The van der Waals surface area contributed by atoms with Crippen LogP contribution in [0.1, 0.15) is 37.8 Å². The zero-order valence-corrected chi connectivity index (χ0v) is 21.1. The van der Waals surface area contributed by atoms with Crippen molar-refractivity contribution < 1.29 is 18.0 Å². The second-order valence-electron chi connectivity index (χ2n) is 8.04. The number of hydrogen-bond donors (Lipinski definition) is 1. The number of carbonyl (C=O) groups is 2. The Bertz CT molecular complexity index is 1070. The summed E-state index contributed by atoms with van der Waals surface area (Å²) in [4.78, 5) is 27.6. The molecular weight excluding hydrogens is 462 g/mol. The average molecular weight is 494 g/mol. The van der Waals surface area contributed by atoms with Crippen molar-refractivity contribution >= 4 is 39.1 Å². The molecule has 2 rings (SSSR count). The fourth-order valence-electron chi connectivity index (χ4n) is 3.33. The molecule has 0 aliphatic rings. The number of benzene rings is 2.